The molecule has 28 heavy (non-hydrogen) atoms. The van der Waals surface area contributed by atoms with Gasteiger partial charge in [0.25, 0.3) is 0 Å². The van der Waals surface area contributed by atoms with Crippen molar-refractivity contribution in [1.29, 1.82) is 0 Å². The summed E-state index contributed by atoms with van der Waals surface area (Å²) < 4.78 is 44.0. The lowest BCUT2D eigenvalue weighted by molar-refractivity contribution is -0.186. The van der Waals surface area contributed by atoms with E-state index in [1.165, 1.54) is 0 Å². The van der Waals surface area contributed by atoms with Gasteiger partial charge in [-0.3, -0.25) is 9.69 Å². The van der Waals surface area contributed by atoms with Gasteiger partial charge in [-0.15, -0.1) is 0 Å². The predicted octanol–water partition coefficient (Wildman–Crippen LogP) is 3.02. The van der Waals surface area contributed by atoms with Crippen LogP contribution in [0.3, 0.4) is 0 Å². The topological polar surface area (TPSA) is 61.9 Å². The van der Waals surface area contributed by atoms with Gasteiger partial charge in [0, 0.05) is 45.2 Å². The molecular formula is C19H32F3N3O3. The third-order valence-electron chi connectivity index (χ3n) is 5.26. The van der Waals surface area contributed by atoms with E-state index in [1.54, 1.807) is 4.90 Å². The molecule has 0 bridgehead atoms. The van der Waals surface area contributed by atoms with E-state index in [9.17, 15) is 22.8 Å². The molecule has 162 valence electrons. The predicted molar refractivity (Wildman–Crippen MR) is 98.8 cm³/mol. The summed E-state index contributed by atoms with van der Waals surface area (Å²) in [6.45, 7) is 8.95. The van der Waals surface area contributed by atoms with Crippen molar-refractivity contribution in [2.45, 2.75) is 58.2 Å². The molecule has 1 aliphatic heterocycles. The maximum atomic E-state index is 12.9. The lowest BCUT2D eigenvalue weighted by atomic mass is 9.80. The number of nitrogens with zero attached hydrogens (tertiary/aromatic N) is 2. The first-order chi connectivity index (χ1) is 13.0. The van der Waals surface area contributed by atoms with E-state index in [2.05, 4.69) is 10.2 Å². The summed E-state index contributed by atoms with van der Waals surface area (Å²) >= 11 is 0. The number of hydrogen-bond donors (Lipinski definition) is 1. The molecule has 1 saturated heterocycles. The van der Waals surface area contributed by atoms with Crippen molar-refractivity contribution in [3.05, 3.63) is 0 Å². The van der Waals surface area contributed by atoms with Gasteiger partial charge in [-0.2, -0.15) is 13.2 Å². The molecule has 6 nitrogen and oxygen atoms in total. The summed E-state index contributed by atoms with van der Waals surface area (Å²) in [7, 11) is 0. The van der Waals surface area contributed by atoms with Gasteiger partial charge in [0.15, 0.2) is 0 Å². The molecule has 2 atom stereocenters. The number of nitrogens with one attached hydrogen (secondary N) is 1. The van der Waals surface area contributed by atoms with E-state index in [0.717, 1.165) is 0 Å². The van der Waals surface area contributed by atoms with Crippen LogP contribution in [0.5, 0.6) is 0 Å². The molecule has 0 spiro atoms. The van der Waals surface area contributed by atoms with Crippen LogP contribution in [0.15, 0.2) is 0 Å². The van der Waals surface area contributed by atoms with Gasteiger partial charge in [0.05, 0.1) is 5.92 Å². The third kappa shape index (κ3) is 7.14. The largest absolute Gasteiger partial charge is 0.444 e. The average molecular weight is 407 g/mol. The van der Waals surface area contributed by atoms with Crippen molar-refractivity contribution in [3.63, 3.8) is 0 Å². The Kier molecular flexibility index (Phi) is 7.59. The van der Waals surface area contributed by atoms with Crippen molar-refractivity contribution < 1.29 is 27.5 Å². The van der Waals surface area contributed by atoms with Crippen LogP contribution in [-0.4, -0.2) is 72.8 Å². The Morgan fingerprint density at radius 3 is 2.29 bits per heavy atom. The third-order valence-corrected chi connectivity index (χ3v) is 5.26. The number of halogens is 3. The smallest absolute Gasteiger partial charge is 0.410 e. The average Bonchev–Trinajstić information content (AvgIpc) is 2.60. The van der Waals surface area contributed by atoms with Crippen LogP contribution in [-0.2, 0) is 9.53 Å². The van der Waals surface area contributed by atoms with Crippen molar-refractivity contribution in [2.75, 3.05) is 39.3 Å². The van der Waals surface area contributed by atoms with Crippen molar-refractivity contribution in [2.24, 2.45) is 11.8 Å². The van der Waals surface area contributed by atoms with Crippen LogP contribution >= 0.6 is 0 Å². The fourth-order valence-electron chi connectivity index (χ4n) is 3.69. The summed E-state index contributed by atoms with van der Waals surface area (Å²) in [4.78, 5) is 28.1. The molecule has 2 unspecified atom stereocenters. The summed E-state index contributed by atoms with van der Waals surface area (Å²) in [5, 5.41) is 2.78. The molecule has 0 aromatic heterocycles. The summed E-state index contributed by atoms with van der Waals surface area (Å²) in [5.41, 5.74) is -0.525. The number of hydrogen-bond acceptors (Lipinski definition) is 4. The second-order valence-corrected chi connectivity index (χ2v) is 8.70. The van der Waals surface area contributed by atoms with Crippen molar-refractivity contribution in [3.8, 4) is 0 Å². The van der Waals surface area contributed by atoms with Crippen LogP contribution in [0.25, 0.3) is 0 Å². The first kappa shape index (κ1) is 22.8. The van der Waals surface area contributed by atoms with E-state index in [1.807, 2.05) is 20.8 Å². The molecule has 1 aliphatic carbocycles. The molecule has 2 amide bonds. The highest BCUT2D eigenvalue weighted by Gasteiger charge is 2.43. The van der Waals surface area contributed by atoms with E-state index in [-0.39, 0.29) is 24.8 Å². The van der Waals surface area contributed by atoms with Gasteiger partial charge in [-0.05, 0) is 40.0 Å². The minimum absolute atomic E-state index is 0.107. The molecule has 1 saturated carbocycles. The molecule has 1 heterocycles. The summed E-state index contributed by atoms with van der Waals surface area (Å²) in [6, 6.07) is 0. The van der Waals surface area contributed by atoms with Gasteiger partial charge in [-0.1, -0.05) is 6.42 Å². The van der Waals surface area contributed by atoms with Crippen LogP contribution < -0.4 is 5.32 Å². The molecule has 2 rings (SSSR count). The number of carbonyl (C=O) groups excluding carboxylic acids is 2. The van der Waals surface area contributed by atoms with Gasteiger partial charge < -0.3 is 15.0 Å². The van der Waals surface area contributed by atoms with Crippen molar-refractivity contribution in [1.82, 2.24) is 15.1 Å². The van der Waals surface area contributed by atoms with Crippen LogP contribution in [0.2, 0.25) is 0 Å². The zero-order valence-electron chi connectivity index (χ0n) is 17.0. The monoisotopic (exact) mass is 407 g/mol. The fraction of sp³-hybridized carbons (Fsp3) is 0.895. The molecule has 2 fully saturated rings. The Morgan fingerprint density at radius 1 is 1.07 bits per heavy atom. The number of alkyl halides is 3. The molecule has 2 aliphatic rings. The Bertz CT molecular complexity index is 541. The van der Waals surface area contributed by atoms with Crippen molar-refractivity contribution >= 4 is 12.0 Å². The molecule has 0 aromatic carbocycles. The minimum atomic E-state index is -4.22. The highest BCUT2D eigenvalue weighted by Crippen LogP contribution is 2.39. The number of ether oxygens (including phenoxy) is 1. The van der Waals surface area contributed by atoms with Gasteiger partial charge in [0.2, 0.25) is 5.91 Å². The van der Waals surface area contributed by atoms with Crippen LogP contribution in [0, 0.1) is 11.8 Å². The number of carbonyl (C=O) groups is 2. The lowest BCUT2D eigenvalue weighted by Gasteiger charge is -2.35. The van der Waals surface area contributed by atoms with Crippen LogP contribution in [0.1, 0.15) is 46.5 Å². The second kappa shape index (κ2) is 9.33. The maximum Gasteiger partial charge on any atom is 0.410 e. The van der Waals surface area contributed by atoms with Gasteiger partial charge >= 0.3 is 12.3 Å². The lowest BCUT2D eigenvalue weighted by Crippen LogP contribution is -2.51. The van der Waals surface area contributed by atoms with E-state index < -0.39 is 23.6 Å². The summed E-state index contributed by atoms with van der Waals surface area (Å²) in [6.07, 6.45) is -3.56. The molecule has 9 heteroatoms. The second-order valence-electron chi connectivity index (χ2n) is 8.70. The standard InChI is InChI=1S/C19H32F3N3O3/c1-18(2,3)28-17(27)25-11-9-24(10-12-25)8-7-23-16(26)14-5-4-6-15(13-14)19(20,21)22/h14-15H,4-13H2,1-3H3,(H,23,26). The van der Waals surface area contributed by atoms with Crippen LogP contribution in [0.4, 0.5) is 18.0 Å². The highest BCUT2D eigenvalue weighted by molar-refractivity contribution is 5.78. The fourth-order valence-corrected chi connectivity index (χ4v) is 3.69. The molecule has 0 radical (unpaired) electrons. The first-order valence-electron chi connectivity index (χ1n) is 10.0. The van der Waals surface area contributed by atoms with E-state index in [0.29, 0.717) is 52.1 Å². The normalized spacial score (nSPS) is 24.7. The van der Waals surface area contributed by atoms with Gasteiger partial charge in [0.1, 0.15) is 5.60 Å². The van der Waals surface area contributed by atoms with E-state index in [4.69, 9.17) is 4.74 Å². The Balaban J connectivity index is 1.66. The maximum absolute atomic E-state index is 12.9. The number of rotatable bonds is 4. The number of amides is 2. The minimum Gasteiger partial charge on any atom is -0.444 e. The Labute approximate surface area is 164 Å². The highest BCUT2D eigenvalue weighted by atomic mass is 19.4. The van der Waals surface area contributed by atoms with E-state index >= 15 is 0 Å². The number of piperazine rings is 1. The Morgan fingerprint density at radius 2 is 1.71 bits per heavy atom. The zero-order valence-corrected chi connectivity index (χ0v) is 17.0. The summed E-state index contributed by atoms with van der Waals surface area (Å²) in [5.74, 6) is -2.19. The quantitative estimate of drug-likeness (QED) is 0.778. The molecular weight excluding hydrogens is 375 g/mol. The first-order valence-corrected chi connectivity index (χ1v) is 10.0. The SMILES string of the molecule is CC(C)(C)OC(=O)N1CCN(CCNC(=O)C2CCCC(C(F)(F)F)C2)CC1. The molecule has 0 aromatic rings. The zero-order chi connectivity index (χ0) is 20.9. The molecule has 1 N–H and O–H groups in total. The van der Waals surface area contributed by atoms with Gasteiger partial charge in [-0.25, -0.2) is 4.79 Å². The Hall–Kier alpha value is -1.51.